The molecule has 1 saturated heterocycles. The Labute approximate surface area is 126 Å². The maximum atomic E-state index is 4.74. The second-order valence-electron chi connectivity index (χ2n) is 5.60. The largest absolute Gasteiger partial charge is 0.339 e. The Bertz CT molecular complexity index is 572. The molecule has 0 bridgehead atoms. The summed E-state index contributed by atoms with van der Waals surface area (Å²) in [5.74, 6) is 0.864. The summed E-state index contributed by atoms with van der Waals surface area (Å²) in [7, 11) is 0. The van der Waals surface area contributed by atoms with E-state index in [0.29, 0.717) is 0 Å². The van der Waals surface area contributed by atoms with E-state index in [1.165, 1.54) is 11.1 Å². The van der Waals surface area contributed by atoms with E-state index in [-0.39, 0.29) is 0 Å². The van der Waals surface area contributed by atoms with E-state index >= 15 is 0 Å². The Balaban J connectivity index is 1.74. The van der Waals surface area contributed by atoms with Gasteiger partial charge in [-0.15, -0.1) is 0 Å². The second-order valence-corrected chi connectivity index (χ2v) is 5.60. The maximum Gasteiger partial charge on any atom is 0.225 e. The van der Waals surface area contributed by atoms with Gasteiger partial charge < -0.3 is 10.2 Å². The van der Waals surface area contributed by atoms with Gasteiger partial charge in [-0.25, -0.2) is 9.97 Å². The Morgan fingerprint density at radius 3 is 2.81 bits per heavy atom. The molecule has 0 atom stereocenters. The van der Waals surface area contributed by atoms with Crippen LogP contribution in [0.3, 0.4) is 0 Å². The first kappa shape index (κ1) is 14.0. The van der Waals surface area contributed by atoms with E-state index in [4.69, 9.17) is 4.98 Å². The van der Waals surface area contributed by atoms with E-state index in [1.54, 1.807) is 0 Å². The zero-order chi connectivity index (χ0) is 14.5. The molecular formula is C17H22N4. The normalized spacial score (nSPS) is 15.8. The topological polar surface area (TPSA) is 41.1 Å². The van der Waals surface area contributed by atoms with E-state index < -0.39 is 0 Å². The van der Waals surface area contributed by atoms with E-state index in [1.807, 2.05) is 12.3 Å². The molecule has 2 aromatic rings. The molecule has 0 radical (unpaired) electrons. The van der Waals surface area contributed by atoms with Crippen LogP contribution in [0, 0.1) is 6.92 Å². The molecule has 1 aliphatic heterocycles. The summed E-state index contributed by atoms with van der Waals surface area (Å²) < 4.78 is 0. The molecule has 110 valence electrons. The van der Waals surface area contributed by atoms with Crippen LogP contribution < -0.4 is 10.2 Å². The van der Waals surface area contributed by atoms with Crippen LogP contribution in [0.4, 0.5) is 5.95 Å². The summed E-state index contributed by atoms with van der Waals surface area (Å²) in [6, 6.07) is 10.7. The average Bonchev–Trinajstić information content (AvgIpc) is 2.79. The molecule has 1 aromatic heterocycles. The van der Waals surface area contributed by atoms with Crippen molar-refractivity contribution in [3.63, 3.8) is 0 Å². The van der Waals surface area contributed by atoms with Gasteiger partial charge in [0, 0.05) is 32.3 Å². The lowest BCUT2D eigenvalue weighted by atomic mass is 10.1. The smallest absolute Gasteiger partial charge is 0.225 e. The van der Waals surface area contributed by atoms with Gasteiger partial charge in [0.25, 0.3) is 0 Å². The molecule has 0 unspecified atom stereocenters. The van der Waals surface area contributed by atoms with Gasteiger partial charge >= 0.3 is 0 Å². The third kappa shape index (κ3) is 3.79. The highest BCUT2D eigenvalue weighted by molar-refractivity contribution is 5.32. The van der Waals surface area contributed by atoms with Crippen LogP contribution in [-0.2, 0) is 6.42 Å². The first-order valence-corrected chi connectivity index (χ1v) is 7.64. The summed E-state index contributed by atoms with van der Waals surface area (Å²) in [6.07, 6.45) is 3.89. The summed E-state index contributed by atoms with van der Waals surface area (Å²) >= 11 is 0. The Morgan fingerprint density at radius 1 is 1.10 bits per heavy atom. The van der Waals surface area contributed by atoms with Gasteiger partial charge in [0.15, 0.2) is 0 Å². The van der Waals surface area contributed by atoms with Crippen molar-refractivity contribution in [3.8, 4) is 0 Å². The lowest BCUT2D eigenvalue weighted by Crippen LogP contribution is -2.29. The number of aryl methyl sites for hydroxylation is 1. The highest BCUT2D eigenvalue weighted by atomic mass is 15.3. The molecule has 1 fully saturated rings. The molecule has 0 spiro atoms. The lowest BCUT2D eigenvalue weighted by molar-refractivity contribution is 0.724. The van der Waals surface area contributed by atoms with Crippen LogP contribution in [0.15, 0.2) is 36.5 Å². The number of nitrogens with zero attached hydrogens (tertiary/aromatic N) is 3. The molecule has 4 nitrogen and oxygen atoms in total. The fourth-order valence-corrected chi connectivity index (χ4v) is 2.60. The van der Waals surface area contributed by atoms with Crippen molar-refractivity contribution in [2.24, 2.45) is 0 Å². The summed E-state index contributed by atoms with van der Waals surface area (Å²) in [6.45, 7) is 6.21. The zero-order valence-electron chi connectivity index (χ0n) is 12.5. The fraction of sp³-hybridized carbons (Fsp3) is 0.412. The van der Waals surface area contributed by atoms with Gasteiger partial charge in [0.05, 0.1) is 5.69 Å². The Morgan fingerprint density at radius 2 is 1.95 bits per heavy atom. The van der Waals surface area contributed by atoms with E-state index in [9.17, 15) is 0 Å². The average molecular weight is 282 g/mol. The van der Waals surface area contributed by atoms with E-state index in [0.717, 1.165) is 50.7 Å². The van der Waals surface area contributed by atoms with Crippen LogP contribution in [-0.4, -0.2) is 36.1 Å². The molecule has 0 amide bonds. The third-order valence-electron chi connectivity index (χ3n) is 3.83. The molecule has 4 heteroatoms. The molecule has 1 aliphatic rings. The van der Waals surface area contributed by atoms with Gasteiger partial charge in [-0.3, -0.25) is 0 Å². The first-order valence-electron chi connectivity index (χ1n) is 7.64. The molecule has 2 heterocycles. The van der Waals surface area contributed by atoms with Crippen molar-refractivity contribution in [1.82, 2.24) is 15.3 Å². The number of hydrogen-bond acceptors (Lipinski definition) is 4. The van der Waals surface area contributed by atoms with Crippen molar-refractivity contribution >= 4 is 5.95 Å². The van der Waals surface area contributed by atoms with Crippen molar-refractivity contribution in [2.45, 2.75) is 19.8 Å². The maximum absolute atomic E-state index is 4.74. The third-order valence-corrected chi connectivity index (χ3v) is 3.83. The second kappa shape index (κ2) is 6.68. The van der Waals surface area contributed by atoms with Crippen molar-refractivity contribution in [2.75, 3.05) is 31.1 Å². The monoisotopic (exact) mass is 282 g/mol. The molecule has 3 rings (SSSR count). The minimum Gasteiger partial charge on any atom is -0.339 e. The van der Waals surface area contributed by atoms with Gasteiger partial charge in [0.2, 0.25) is 5.95 Å². The number of nitrogens with one attached hydrogen (secondary N) is 1. The zero-order valence-corrected chi connectivity index (χ0v) is 12.5. The first-order chi connectivity index (χ1) is 10.3. The summed E-state index contributed by atoms with van der Waals surface area (Å²) in [4.78, 5) is 11.5. The Hall–Kier alpha value is -1.94. The predicted octanol–water partition coefficient (Wildman–Crippen LogP) is 2.18. The van der Waals surface area contributed by atoms with Crippen molar-refractivity contribution in [3.05, 3.63) is 53.3 Å². The summed E-state index contributed by atoms with van der Waals surface area (Å²) in [5.41, 5.74) is 3.67. The van der Waals surface area contributed by atoms with Crippen LogP contribution in [0.1, 0.15) is 23.2 Å². The SMILES string of the molecule is Cc1ccc(Cc2ccnc(N3CCCNCC3)n2)cc1. The van der Waals surface area contributed by atoms with Crippen molar-refractivity contribution < 1.29 is 0 Å². The summed E-state index contributed by atoms with van der Waals surface area (Å²) in [5, 5.41) is 3.41. The highest BCUT2D eigenvalue weighted by Gasteiger charge is 2.12. The number of aromatic nitrogens is 2. The number of benzene rings is 1. The van der Waals surface area contributed by atoms with Crippen molar-refractivity contribution in [1.29, 1.82) is 0 Å². The minimum atomic E-state index is 0.863. The van der Waals surface area contributed by atoms with Crippen LogP contribution in [0.5, 0.6) is 0 Å². The van der Waals surface area contributed by atoms with E-state index in [2.05, 4.69) is 46.4 Å². The Kier molecular flexibility index (Phi) is 4.46. The number of anilines is 1. The standard InChI is InChI=1S/C17H22N4/c1-14-3-5-15(6-4-14)13-16-7-9-19-17(20-16)21-11-2-8-18-10-12-21/h3-7,9,18H,2,8,10-13H2,1H3. The molecular weight excluding hydrogens is 260 g/mol. The fourth-order valence-electron chi connectivity index (χ4n) is 2.60. The molecule has 1 N–H and O–H groups in total. The number of hydrogen-bond donors (Lipinski definition) is 1. The predicted molar refractivity (Wildman–Crippen MR) is 85.7 cm³/mol. The molecule has 0 saturated carbocycles. The number of rotatable bonds is 3. The molecule has 0 aliphatic carbocycles. The quantitative estimate of drug-likeness (QED) is 0.937. The van der Waals surface area contributed by atoms with Gasteiger partial charge in [-0.1, -0.05) is 29.8 Å². The molecule has 21 heavy (non-hydrogen) atoms. The van der Waals surface area contributed by atoms with Gasteiger partial charge in [-0.05, 0) is 31.5 Å². The van der Waals surface area contributed by atoms with Crippen LogP contribution in [0.2, 0.25) is 0 Å². The molecule has 1 aromatic carbocycles. The highest BCUT2D eigenvalue weighted by Crippen LogP contribution is 2.13. The van der Waals surface area contributed by atoms with Gasteiger partial charge in [0.1, 0.15) is 0 Å². The van der Waals surface area contributed by atoms with Crippen LogP contribution in [0.25, 0.3) is 0 Å². The van der Waals surface area contributed by atoms with Gasteiger partial charge in [-0.2, -0.15) is 0 Å². The van der Waals surface area contributed by atoms with Crippen LogP contribution >= 0.6 is 0 Å². The lowest BCUT2D eigenvalue weighted by Gasteiger charge is -2.20. The minimum absolute atomic E-state index is 0.863.